The lowest BCUT2D eigenvalue weighted by molar-refractivity contribution is 0.252. The zero-order valence-electron chi connectivity index (χ0n) is 15.3. The Labute approximate surface area is 149 Å². The molecule has 0 aliphatic rings. The summed E-state index contributed by atoms with van der Waals surface area (Å²) in [7, 11) is 0. The predicted octanol–water partition coefficient (Wildman–Crippen LogP) is 3.70. The molecule has 0 aliphatic heterocycles. The molecule has 0 unspecified atom stereocenters. The summed E-state index contributed by atoms with van der Waals surface area (Å²) in [5.74, 6) is 1.47. The van der Waals surface area contributed by atoms with Crippen molar-refractivity contribution >= 4 is 11.7 Å². The van der Waals surface area contributed by atoms with Crippen LogP contribution in [0.15, 0.2) is 24.3 Å². The summed E-state index contributed by atoms with van der Waals surface area (Å²) in [5.41, 5.74) is 1.52. The van der Waals surface area contributed by atoms with Gasteiger partial charge in [0.2, 0.25) is 0 Å². The van der Waals surface area contributed by atoms with E-state index in [4.69, 9.17) is 0 Å². The Morgan fingerprint density at radius 3 is 2.72 bits per heavy atom. The second-order valence-electron chi connectivity index (χ2n) is 6.67. The van der Waals surface area contributed by atoms with Crippen LogP contribution >= 0.6 is 0 Å². The Balaban J connectivity index is 1.71. The van der Waals surface area contributed by atoms with Gasteiger partial charge in [0.15, 0.2) is 5.82 Å². The van der Waals surface area contributed by atoms with Gasteiger partial charge in [-0.15, -0.1) is 5.10 Å². The molecule has 2 N–H and O–H groups in total. The second-order valence-corrected chi connectivity index (χ2v) is 6.67. The van der Waals surface area contributed by atoms with Crippen LogP contribution in [0.5, 0.6) is 0 Å². The zero-order chi connectivity index (χ0) is 18.1. The summed E-state index contributed by atoms with van der Waals surface area (Å²) in [6, 6.07) is 7.25. The van der Waals surface area contributed by atoms with Crippen LogP contribution in [0.1, 0.15) is 51.8 Å². The van der Waals surface area contributed by atoms with Gasteiger partial charge in [-0.3, -0.25) is 0 Å². The van der Waals surface area contributed by atoms with Crippen LogP contribution in [0.3, 0.4) is 0 Å². The molecule has 0 spiro atoms. The number of hydrogen-bond donors (Lipinski definition) is 2. The van der Waals surface area contributed by atoms with E-state index in [1.165, 1.54) is 19.3 Å². The van der Waals surface area contributed by atoms with Crippen LogP contribution in [0, 0.1) is 12.8 Å². The average Bonchev–Trinajstić information content (AvgIpc) is 3.00. The quantitative estimate of drug-likeness (QED) is 0.679. The third-order valence-electron chi connectivity index (χ3n) is 3.97. The number of nitrogens with one attached hydrogen (secondary N) is 2. The number of carbonyl (C=O) groups excluding carboxylic acids is 1. The number of aryl methyl sites for hydroxylation is 1. The molecular formula is C18H28N6O. The van der Waals surface area contributed by atoms with E-state index in [1.54, 1.807) is 4.68 Å². The first kappa shape index (κ1) is 18.9. The second kappa shape index (κ2) is 9.76. The molecule has 7 nitrogen and oxygen atoms in total. The van der Waals surface area contributed by atoms with Crippen molar-refractivity contribution in [2.45, 2.75) is 52.9 Å². The number of carbonyl (C=O) groups is 1. The van der Waals surface area contributed by atoms with Gasteiger partial charge in [-0.05, 0) is 47.9 Å². The van der Waals surface area contributed by atoms with Gasteiger partial charge in [0.25, 0.3) is 0 Å². The third kappa shape index (κ3) is 6.52. The van der Waals surface area contributed by atoms with Crippen molar-refractivity contribution in [3.8, 4) is 5.69 Å². The van der Waals surface area contributed by atoms with Crippen LogP contribution in [0.2, 0.25) is 0 Å². The van der Waals surface area contributed by atoms with E-state index in [0.29, 0.717) is 18.1 Å². The molecule has 1 aromatic heterocycles. The number of nitrogens with zero attached hydrogens (tertiary/aromatic N) is 4. The summed E-state index contributed by atoms with van der Waals surface area (Å²) in [5, 5.41) is 17.2. The molecule has 25 heavy (non-hydrogen) atoms. The number of anilines is 1. The van der Waals surface area contributed by atoms with Gasteiger partial charge in [0, 0.05) is 12.2 Å². The SMILES string of the molecule is Cc1nnnn1-c1cccc(NC(=O)NCCCCCCC(C)C)c1. The highest BCUT2D eigenvalue weighted by Gasteiger charge is 2.06. The molecule has 2 rings (SSSR count). The van der Waals surface area contributed by atoms with Crippen LogP contribution < -0.4 is 10.6 Å². The molecular weight excluding hydrogens is 316 g/mol. The van der Waals surface area contributed by atoms with Gasteiger partial charge >= 0.3 is 6.03 Å². The minimum absolute atomic E-state index is 0.187. The molecule has 0 atom stereocenters. The van der Waals surface area contributed by atoms with Crippen molar-refractivity contribution in [2.24, 2.45) is 5.92 Å². The minimum Gasteiger partial charge on any atom is -0.338 e. The Hall–Kier alpha value is -2.44. The maximum atomic E-state index is 12.0. The van der Waals surface area contributed by atoms with Crippen molar-refractivity contribution in [3.05, 3.63) is 30.1 Å². The third-order valence-corrected chi connectivity index (χ3v) is 3.97. The average molecular weight is 344 g/mol. The minimum atomic E-state index is -0.187. The predicted molar refractivity (Wildman–Crippen MR) is 98.8 cm³/mol. The van der Waals surface area contributed by atoms with Crippen molar-refractivity contribution in [3.63, 3.8) is 0 Å². The van der Waals surface area contributed by atoms with Gasteiger partial charge in [-0.2, -0.15) is 4.68 Å². The van der Waals surface area contributed by atoms with Crippen LogP contribution in [-0.4, -0.2) is 32.8 Å². The zero-order valence-corrected chi connectivity index (χ0v) is 15.3. The van der Waals surface area contributed by atoms with Crippen LogP contribution in [0.25, 0.3) is 5.69 Å². The van der Waals surface area contributed by atoms with E-state index >= 15 is 0 Å². The molecule has 0 fully saturated rings. The Morgan fingerprint density at radius 1 is 1.20 bits per heavy atom. The van der Waals surface area contributed by atoms with E-state index in [9.17, 15) is 4.79 Å². The number of benzene rings is 1. The molecule has 0 aliphatic carbocycles. The smallest absolute Gasteiger partial charge is 0.319 e. The number of rotatable bonds is 9. The summed E-state index contributed by atoms with van der Waals surface area (Å²) in [6.07, 6.45) is 5.95. The molecule has 1 heterocycles. The fourth-order valence-electron chi connectivity index (χ4n) is 2.59. The molecule has 0 saturated heterocycles. The highest BCUT2D eigenvalue weighted by molar-refractivity contribution is 5.89. The summed E-state index contributed by atoms with van der Waals surface area (Å²) < 4.78 is 1.63. The number of aromatic nitrogens is 4. The van der Waals surface area contributed by atoms with Crippen LogP contribution in [0.4, 0.5) is 10.5 Å². The first-order valence-electron chi connectivity index (χ1n) is 8.96. The molecule has 2 amide bonds. The van der Waals surface area contributed by atoms with Crippen molar-refractivity contribution in [1.82, 2.24) is 25.5 Å². The van der Waals surface area contributed by atoms with E-state index in [1.807, 2.05) is 31.2 Å². The summed E-state index contributed by atoms with van der Waals surface area (Å²) in [4.78, 5) is 12.0. The van der Waals surface area contributed by atoms with E-state index in [0.717, 1.165) is 24.4 Å². The fourth-order valence-corrected chi connectivity index (χ4v) is 2.59. The number of amides is 2. The van der Waals surface area contributed by atoms with E-state index in [-0.39, 0.29) is 6.03 Å². The molecule has 2 aromatic rings. The monoisotopic (exact) mass is 344 g/mol. The van der Waals surface area contributed by atoms with Gasteiger partial charge in [-0.25, -0.2) is 4.79 Å². The van der Waals surface area contributed by atoms with Crippen LogP contribution in [-0.2, 0) is 0 Å². The highest BCUT2D eigenvalue weighted by Crippen LogP contribution is 2.14. The topological polar surface area (TPSA) is 84.7 Å². The Bertz CT molecular complexity index is 667. The van der Waals surface area contributed by atoms with Crippen molar-refractivity contribution in [2.75, 3.05) is 11.9 Å². The maximum Gasteiger partial charge on any atom is 0.319 e. The largest absolute Gasteiger partial charge is 0.338 e. The lowest BCUT2D eigenvalue weighted by Crippen LogP contribution is -2.29. The van der Waals surface area contributed by atoms with Gasteiger partial charge < -0.3 is 10.6 Å². The molecule has 0 radical (unpaired) electrons. The highest BCUT2D eigenvalue weighted by atomic mass is 16.2. The molecule has 1 aromatic carbocycles. The molecule has 7 heteroatoms. The molecule has 136 valence electrons. The fraction of sp³-hybridized carbons (Fsp3) is 0.556. The van der Waals surface area contributed by atoms with Gasteiger partial charge in [0.05, 0.1) is 5.69 Å². The first-order valence-corrected chi connectivity index (χ1v) is 8.96. The van der Waals surface area contributed by atoms with Gasteiger partial charge in [-0.1, -0.05) is 45.6 Å². The summed E-state index contributed by atoms with van der Waals surface area (Å²) >= 11 is 0. The lowest BCUT2D eigenvalue weighted by atomic mass is 10.0. The lowest BCUT2D eigenvalue weighted by Gasteiger charge is -2.09. The molecule has 0 bridgehead atoms. The number of tetrazole rings is 1. The normalized spacial score (nSPS) is 10.9. The van der Waals surface area contributed by atoms with Crippen molar-refractivity contribution in [1.29, 1.82) is 0 Å². The molecule has 0 saturated carbocycles. The Kier molecular flexibility index (Phi) is 7.37. The van der Waals surface area contributed by atoms with Gasteiger partial charge in [0.1, 0.15) is 0 Å². The van der Waals surface area contributed by atoms with E-state index in [2.05, 4.69) is 40.0 Å². The first-order chi connectivity index (χ1) is 12.1. The summed E-state index contributed by atoms with van der Waals surface area (Å²) in [6.45, 7) is 7.02. The number of hydrogen-bond acceptors (Lipinski definition) is 4. The Morgan fingerprint density at radius 2 is 2.00 bits per heavy atom. The standard InChI is InChI=1S/C18H28N6O/c1-14(2)9-6-4-5-7-12-19-18(25)20-16-10-8-11-17(13-16)24-15(3)21-22-23-24/h8,10-11,13-14H,4-7,9,12H2,1-3H3,(H2,19,20,25). The van der Waals surface area contributed by atoms with Crippen molar-refractivity contribution < 1.29 is 4.79 Å². The number of urea groups is 1. The van der Waals surface area contributed by atoms with E-state index < -0.39 is 0 Å². The maximum absolute atomic E-state index is 12.0. The number of unbranched alkanes of at least 4 members (excludes halogenated alkanes) is 3.